The van der Waals surface area contributed by atoms with Gasteiger partial charge in [-0.15, -0.1) is 0 Å². The molecule has 1 amide bonds. The number of aromatic nitrogens is 1. The van der Waals surface area contributed by atoms with Gasteiger partial charge in [-0.25, -0.2) is 14.2 Å². The number of benzene rings is 2. The van der Waals surface area contributed by atoms with Crippen LogP contribution in [-0.2, 0) is 9.53 Å². The van der Waals surface area contributed by atoms with Gasteiger partial charge in [0, 0.05) is 10.4 Å². The third-order valence-electron chi connectivity index (χ3n) is 3.35. The van der Waals surface area contributed by atoms with E-state index in [2.05, 4.69) is 10.3 Å². The highest BCUT2D eigenvalue weighted by Crippen LogP contribution is 2.18. The molecule has 0 aliphatic rings. The number of esters is 1. The molecule has 0 fully saturated rings. The fourth-order valence-corrected chi connectivity index (χ4v) is 2.32. The van der Waals surface area contributed by atoms with E-state index in [-0.39, 0.29) is 16.4 Å². The van der Waals surface area contributed by atoms with Crippen molar-refractivity contribution in [1.82, 2.24) is 4.98 Å². The summed E-state index contributed by atoms with van der Waals surface area (Å²) in [4.78, 5) is 28.0. The number of fused-ring (bicyclic) bond motifs is 1. The predicted molar refractivity (Wildman–Crippen MR) is 92.1 cm³/mol. The first-order valence-electron chi connectivity index (χ1n) is 7.31. The summed E-state index contributed by atoms with van der Waals surface area (Å²) in [6.07, 6.45) is 0. The fraction of sp³-hybridized carbons (Fsp3) is 0.0556. The molecule has 0 aliphatic carbocycles. The zero-order valence-corrected chi connectivity index (χ0v) is 13.6. The molecular weight excluding hydrogens is 347 g/mol. The third-order valence-corrected chi connectivity index (χ3v) is 3.58. The average molecular weight is 359 g/mol. The van der Waals surface area contributed by atoms with Crippen molar-refractivity contribution < 1.29 is 18.7 Å². The second-order valence-corrected chi connectivity index (χ2v) is 5.57. The lowest BCUT2D eigenvalue weighted by molar-refractivity contribution is -0.119. The number of hydrogen-bond donors (Lipinski definition) is 1. The van der Waals surface area contributed by atoms with Crippen LogP contribution in [-0.4, -0.2) is 23.5 Å². The molecule has 1 N–H and O–H groups in total. The highest BCUT2D eigenvalue weighted by Gasteiger charge is 2.13. The van der Waals surface area contributed by atoms with Gasteiger partial charge in [0.1, 0.15) is 11.5 Å². The van der Waals surface area contributed by atoms with Crippen LogP contribution in [0.2, 0.25) is 5.02 Å². The Kier molecular flexibility index (Phi) is 4.90. The Hall–Kier alpha value is -2.99. The normalized spacial score (nSPS) is 10.5. The van der Waals surface area contributed by atoms with E-state index < -0.39 is 24.3 Å². The van der Waals surface area contributed by atoms with Gasteiger partial charge in [0.25, 0.3) is 5.91 Å². The quantitative estimate of drug-likeness (QED) is 0.720. The van der Waals surface area contributed by atoms with Crippen molar-refractivity contribution in [3.63, 3.8) is 0 Å². The Bertz CT molecular complexity index is 962. The van der Waals surface area contributed by atoms with Crippen LogP contribution in [0.25, 0.3) is 10.9 Å². The molecule has 0 aliphatic heterocycles. The van der Waals surface area contributed by atoms with Gasteiger partial charge in [0.15, 0.2) is 6.61 Å². The van der Waals surface area contributed by atoms with E-state index in [1.807, 2.05) is 12.1 Å². The molecule has 3 aromatic rings. The SMILES string of the molecule is O=C(COC(=O)c1ccc2ccccc2n1)Nc1ccc(Cl)cc1F. The predicted octanol–water partition coefficient (Wildman–Crippen LogP) is 3.82. The van der Waals surface area contributed by atoms with Crippen molar-refractivity contribution in [1.29, 1.82) is 0 Å². The average Bonchev–Trinajstić information content (AvgIpc) is 2.61. The van der Waals surface area contributed by atoms with E-state index >= 15 is 0 Å². The molecule has 0 saturated carbocycles. The maximum absolute atomic E-state index is 13.6. The molecule has 2 aromatic carbocycles. The van der Waals surface area contributed by atoms with Gasteiger partial charge in [-0.1, -0.05) is 35.9 Å². The van der Waals surface area contributed by atoms with Gasteiger partial charge in [-0.2, -0.15) is 0 Å². The number of pyridine rings is 1. The number of anilines is 1. The topological polar surface area (TPSA) is 68.3 Å². The highest BCUT2D eigenvalue weighted by molar-refractivity contribution is 6.30. The minimum atomic E-state index is -0.738. The van der Waals surface area contributed by atoms with Crippen LogP contribution in [0, 0.1) is 5.82 Å². The summed E-state index contributed by atoms with van der Waals surface area (Å²) in [5.74, 6) is -2.09. The first-order valence-corrected chi connectivity index (χ1v) is 7.68. The number of hydrogen-bond acceptors (Lipinski definition) is 4. The Morgan fingerprint density at radius 2 is 1.92 bits per heavy atom. The number of carbonyl (C=O) groups is 2. The molecular formula is C18H12ClFN2O3. The van der Waals surface area contributed by atoms with E-state index in [0.717, 1.165) is 11.5 Å². The van der Waals surface area contributed by atoms with Gasteiger partial charge in [0.05, 0.1) is 11.2 Å². The van der Waals surface area contributed by atoms with Crippen molar-refractivity contribution in [3.05, 3.63) is 71.1 Å². The number of nitrogens with zero attached hydrogens (tertiary/aromatic N) is 1. The second-order valence-electron chi connectivity index (χ2n) is 5.14. The Morgan fingerprint density at radius 1 is 1.12 bits per heavy atom. The second kappa shape index (κ2) is 7.27. The number of carbonyl (C=O) groups excluding carboxylic acids is 2. The number of halogens is 2. The Morgan fingerprint density at radius 3 is 2.72 bits per heavy atom. The molecule has 3 rings (SSSR count). The fourth-order valence-electron chi connectivity index (χ4n) is 2.16. The minimum absolute atomic E-state index is 0.0470. The van der Waals surface area contributed by atoms with Crippen LogP contribution in [0.4, 0.5) is 10.1 Å². The lowest BCUT2D eigenvalue weighted by Gasteiger charge is -2.08. The van der Waals surface area contributed by atoms with Gasteiger partial charge in [-0.3, -0.25) is 4.79 Å². The van der Waals surface area contributed by atoms with E-state index in [4.69, 9.17) is 16.3 Å². The number of amides is 1. The Labute approximate surface area is 147 Å². The molecule has 25 heavy (non-hydrogen) atoms. The number of ether oxygens (including phenoxy) is 1. The summed E-state index contributed by atoms with van der Waals surface area (Å²) in [6, 6.07) is 14.4. The summed E-state index contributed by atoms with van der Waals surface area (Å²) in [5.41, 5.74) is 0.683. The third kappa shape index (κ3) is 4.10. The first kappa shape index (κ1) is 16.9. The molecule has 0 unspecified atom stereocenters. The summed E-state index contributed by atoms with van der Waals surface area (Å²) >= 11 is 5.64. The molecule has 0 saturated heterocycles. The van der Waals surface area contributed by atoms with Gasteiger partial charge < -0.3 is 10.1 Å². The molecule has 0 radical (unpaired) electrons. The highest BCUT2D eigenvalue weighted by atomic mass is 35.5. The van der Waals surface area contributed by atoms with E-state index in [1.54, 1.807) is 18.2 Å². The molecule has 5 nitrogen and oxygen atoms in total. The van der Waals surface area contributed by atoms with Crippen molar-refractivity contribution in [2.45, 2.75) is 0 Å². The van der Waals surface area contributed by atoms with Crippen molar-refractivity contribution in [2.75, 3.05) is 11.9 Å². The standard InChI is InChI=1S/C18H12ClFN2O3/c19-12-6-8-15(13(20)9-12)22-17(23)10-25-18(24)16-7-5-11-3-1-2-4-14(11)21-16/h1-9H,10H2,(H,22,23). The Balaban J connectivity index is 1.61. The molecule has 7 heteroatoms. The van der Waals surface area contributed by atoms with E-state index in [0.29, 0.717) is 5.52 Å². The zero-order chi connectivity index (χ0) is 17.8. The minimum Gasteiger partial charge on any atom is -0.451 e. The molecule has 0 bridgehead atoms. The van der Waals surface area contributed by atoms with E-state index in [9.17, 15) is 14.0 Å². The molecule has 126 valence electrons. The van der Waals surface area contributed by atoms with Crippen molar-refractivity contribution in [2.24, 2.45) is 0 Å². The number of rotatable bonds is 4. The van der Waals surface area contributed by atoms with Gasteiger partial charge in [-0.05, 0) is 30.3 Å². The number of nitrogens with one attached hydrogen (secondary N) is 1. The largest absolute Gasteiger partial charge is 0.451 e. The summed E-state index contributed by atoms with van der Waals surface area (Å²) in [6.45, 7) is -0.560. The monoisotopic (exact) mass is 358 g/mol. The van der Waals surface area contributed by atoms with Crippen LogP contribution in [0.15, 0.2) is 54.6 Å². The van der Waals surface area contributed by atoms with Gasteiger partial charge >= 0.3 is 5.97 Å². The smallest absolute Gasteiger partial charge is 0.357 e. The van der Waals surface area contributed by atoms with Crippen LogP contribution in [0.1, 0.15) is 10.5 Å². The maximum atomic E-state index is 13.6. The van der Waals surface area contributed by atoms with Crippen LogP contribution < -0.4 is 5.32 Å². The molecule has 0 atom stereocenters. The van der Waals surface area contributed by atoms with Crippen LogP contribution in [0.5, 0.6) is 0 Å². The number of para-hydroxylation sites is 1. The van der Waals surface area contributed by atoms with Crippen molar-refractivity contribution in [3.8, 4) is 0 Å². The summed E-state index contributed by atoms with van der Waals surface area (Å²) in [5, 5.41) is 3.40. The van der Waals surface area contributed by atoms with Crippen molar-refractivity contribution >= 4 is 40.1 Å². The lowest BCUT2D eigenvalue weighted by atomic mass is 10.2. The first-order chi connectivity index (χ1) is 12.0. The van der Waals surface area contributed by atoms with Gasteiger partial charge in [0.2, 0.25) is 0 Å². The lowest BCUT2D eigenvalue weighted by Crippen LogP contribution is -2.21. The summed E-state index contributed by atoms with van der Waals surface area (Å²) < 4.78 is 18.5. The van der Waals surface area contributed by atoms with Crippen LogP contribution in [0.3, 0.4) is 0 Å². The maximum Gasteiger partial charge on any atom is 0.357 e. The zero-order valence-electron chi connectivity index (χ0n) is 12.8. The van der Waals surface area contributed by atoms with Crippen LogP contribution >= 0.6 is 11.6 Å². The molecule has 1 aromatic heterocycles. The van der Waals surface area contributed by atoms with E-state index in [1.165, 1.54) is 18.2 Å². The summed E-state index contributed by atoms with van der Waals surface area (Å²) in [7, 11) is 0. The molecule has 0 spiro atoms. The molecule has 1 heterocycles.